The van der Waals surface area contributed by atoms with E-state index in [1.807, 2.05) is 24.9 Å². The molecule has 112 valence electrons. The second kappa shape index (κ2) is 7.97. The predicted molar refractivity (Wildman–Crippen MR) is 92.4 cm³/mol. The number of hydrogen-bond donors (Lipinski definition) is 1. The minimum atomic E-state index is -0.156. The topological polar surface area (TPSA) is 12.0 Å². The summed E-state index contributed by atoms with van der Waals surface area (Å²) in [7, 11) is 1.91. The molecule has 0 bridgehead atoms. The Hall–Kier alpha value is -0.840. The Morgan fingerprint density at radius 3 is 2.52 bits per heavy atom. The summed E-state index contributed by atoms with van der Waals surface area (Å²) in [5.41, 5.74) is 1.90. The highest BCUT2D eigenvalue weighted by atomic mass is 79.9. The number of benzene rings is 2. The summed E-state index contributed by atoms with van der Waals surface area (Å²) in [5.74, 6) is 0.912. The zero-order valence-corrected chi connectivity index (χ0v) is 14.6. The SMILES string of the molecule is CCSc1ccc(C(Cc2cc(Br)ccc2F)NC)cc1. The molecule has 1 N–H and O–H groups in total. The van der Waals surface area contributed by atoms with Crippen molar-refractivity contribution in [1.29, 1.82) is 0 Å². The van der Waals surface area contributed by atoms with Crippen LogP contribution in [-0.2, 0) is 6.42 Å². The van der Waals surface area contributed by atoms with Crippen molar-refractivity contribution in [3.8, 4) is 0 Å². The molecule has 0 fully saturated rings. The molecule has 2 rings (SSSR count). The van der Waals surface area contributed by atoms with Gasteiger partial charge in [0.05, 0.1) is 0 Å². The van der Waals surface area contributed by atoms with Crippen LogP contribution >= 0.6 is 27.7 Å². The normalized spacial score (nSPS) is 12.4. The van der Waals surface area contributed by atoms with Gasteiger partial charge < -0.3 is 5.32 Å². The fraction of sp³-hybridized carbons (Fsp3) is 0.294. The molecular formula is C17H19BrFNS. The van der Waals surface area contributed by atoms with Gasteiger partial charge in [-0.1, -0.05) is 35.0 Å². The van der Waals surface area contributed by atoms with Gasteiger partial charge in [0.15, 0.2) is 0 Å². The Balaban J connectivity index is 2.17. The lowest BCUT2D eigenvalue weighted by atomic mass is 9.99. The van der Waals surface area contributed by atoms with Gasteiger partial charge in [-0.05, 0) is 60.7 Å². The van der Waals surface area contributed by atoms with Crippen molar-refractivity contribution >= 4 is 27.7 Å². The lowest BCUT2D eigenvalue weighted by molar-refractivity contribution is 0.554. The van der Waals surface area contributed by atoms with Crippen molar-refractivity contribution < 1.29 is 4.39 Å². The van der Waals surface area contributed by atoms with Gasteiger partial charge in [0, 0.05) is 15.4 Å². The van der Waals surface area contributed by atoms with Crippen LogP contribution < -0.4 is 5.32 Å². The smallest absolute Gasteiger partial charge is 0.126 e. The van der Waals surface area contributed by atoms with Crippen LogP contribution in [0.2, 0.25) is 0 Å². The summed E-state index contributed by atoms with van der Waals surface area (Å²) in [6.07, 6.45) is 0.627. The molecule has 0 aliphatic carbocycles. The zero-order chi connectivity index (χ0) is 15.2. The highest BCUT2D eigenvalue weighted by molar-refractivity contribution is 9.10. The minimum absolute atomic E-state index is 0.106. The molecule has 4 heteroatoms. The van der Waals surface area contributed by atoms with Gasteiger partial charge in [-0.3, -0.25) is 0 Å². The molecule has 0 heterocycles. The van der Waals surface area contributed by atoms with Crippen LogP contribution in [0.25, 0.3) is 0 Å². The average Bonchev–Trinajstić information content (AvgIpc) is 2.49. The fourth-order valence-electron chi connectivity index (χ4n) is 2.27. The Kier molecular flexibility index (Phi) is 6.27. The number of nitrogens with one attached hydrogen (secondary N) is 1. The van der Waals surface area contributed by atoms with Crippen LogP contribution in [-0.4, -0.2) is 12.8 Å². The van der Waals surface area contributed by atoms with Crippen LogP contribution in [0.4, 0.5) is 4.39 Å². The van der Waals surface area contributed by atoms with Gasteiger partial charge in [0.25, 0.3) is 0 Å². The molecular weight excluding hydrogens is 349 g/mol. The second-order valence-electron chi connectivity index (χ2n) is 4.78. The summed E-state index contributed by atoms with van der Waals surface area (Å²) < 4.78 is 14.8. The Bertz CT molecular complexity index is 586. The van der Waals surface area contributed by atoms with Crippen molar-refractivity contribution in [2.24, 2.45) is 0 Å². The van der Waals surface area contributed by atoms with Crippen molar-refractivity contribution in [1.82, 2.24) is 5.32 Å². The van der Waals surface area contributed by atoms with Crippen LogP contribution in [0.5, 0.6) is 0 Å². The lowest BCUT2D eigenvalue weighted by Gasteiger charge is -2.18. The Morgan fingerprint density at radius 1 is 1.19 bits per heavy atom. The van der Waals surface area contributed by atoms with Gasteiger partial charge in [-0.15, -0.1) is 11.8 Å². The third-order valence-electron chi connectivity index (χ3n) is 3.37. The Labute approximate surface area is 138 Å². The quantitative estimate of drug-likeness (QED) is 0.703. The van der Waals surface area contributed by atoms with Crippen molar-refractivity contribution in [3.05, 3.63) is 63.9 Å². The fourth-order valence-corrected chi connectivity index (χ4v) is 3.34. The van der Waals surface area contributed by atoms with Gasteiger partial charge >= 0.3 is 0 Å². The third-order valence-corrected chi connectivity index (χ3v) is 4.76. The summed E-state index contributed by atoms with van der Waals surface area (Å²) in [6.45, 7) is 2.14. The standard InChI is InChI=1S/C17H19BrFNS/c1-3-21-15-7-4-12(5-8-15)17(20-2)11-13-10-14(18)6-9-16(13)19/h4-10,17,20H,3,11H2,1-2H3. The van der Waals surface area contributed by atoms with Gasteiger partial charge in [-0.25, -0.2) is 4.39 Å². The molecule has 0 spiro atoms. The third kappa shape index (κ3) is 4.56. The molecule has 21 heavy (non-hydrogen) atoms. The summed E-state index contributed by atoms with van der Waals surface area (Å²) >= 11 is 5.23. The molecule has 1 unspecified atom stereocenters. The van der Waals surface area contributed by atoms with Crippen molar-refractivity contribution in [2.75, 3.05) is 12.8 Å². The molecule has 0 amide bonds. The van der Waals surface area contributed by atoms with Crippen LogP contribution in [0, 0.1) is 5.82 Å². The molecule has 0 aliphatic rings. The van der Waals surface area contributed by atoms with E-state index < -0.39 is 0 Å². The van der Waals surface area contributed by atoms with E-state index in [9.17, 15) is 4.39 Å². The first kappa shape index (κ1) is 16.5. The van der Waals surface area contributed by atoms with E-state index in [4.69, 9.17) is 0 Å². The lowest BCUT2D eigenvalue weighted by Crippen LogP contribution is -2.19. The first-order chi connectivity index (χ1) is 10.1. The first-order valence-corrected chi connectivity index (χ1v) is 8.76. The Morgan fingerprint density at radius 2 is 1.90 bits per heavy atom. The maximum atomic E-state index is 13.9. The largest absolute Gasteiger partial charge is 0.313 e. The molecule has 0 aromatic heterocycles. The van der Waals surface area contributed by atoms with E-state index in [0.29, 0.717) is 6.42 Å². The van der Waals surface area contributed by atoms with E-state index in [0.717, 1.165) is 15.8 Å². The van der Waals surface area contributed by atoms with Crippen LogP contribution in [0.1, 0.15) is 24.1 Å². The molecule has 1 atom stereocenters. The maximum absolute atomic E-state index is 13.9. The minimum Gasteiger partial charge on any atom is -0.313 e. The maximum Gasteiger partial charge on any atom is 0.126 e. The molecule has 0 aliphatic heterocycles. The van der Waals surface area contributed by atoms with E-state index in [2.05, 4.69) is 52.4 Å². The number of rotatable bonds is 6. The van der Waals surface area contributed by atoms with Gasteiger partial charge in [0.2, 0.25) is 0 Å². The van der Waals surface area contributed by atoms with Gasteiger partial charge in [-0.2, -0.15) is 0 Å². The van der Waals surface area contributed by atoms with E-state index in [1.54, 1.807) is 6.07 Å². The molecule has 2 aromatic carbocycles. The average molecular weight is 368 g/mol. The number of likely N-dealkylation sites (N-methyl/N-ethyl adjacent to an activating group) is 1. The summed E-state index contributed by atoms with van der Waals surface area (Å²) in [4.78, 5) is 1.27. The summed E-state index contributed by atoms with van der Waals surface area (Å²) in [5, 5.41) is 3.28. The zero-order valence-electron chi connectivity index (χ0n) is 12.2. The van der Waals surface area contributed by atoms with Crippen LogP contribution in [0.3, 0.4) is 0 Å². The number of halogens is 2. The van der Waals surface area contributed by atoms with Crippen molar-refractivity contribution in [3.63, 3.8) is 0 Å². The molecule has 0 radical (unpaired) electrons. The monoisotopic (exact) mass is 367 g/mol. The molecule has 1 nitrogen and oxygen atoms in total. The molecule has 2 aromatic rings. The highest BCUT2D eigenvalue weighted by Crippen LogP contribution is 2.25. The predicted octanol–water partition coefficient (Wildman–Crippen LogP) is 5.20. The highest BCUT2D eigenvalue weighted by Gasteiger charge is 2.13. The molecule has 0 saturated carbocycles. The number of thioether (sulfide) groups is 1. The van der Waals surface area contributed by atoms with Gasteiger partial charge in [0.1, 0.15) is 5.82 Å². The van der Waals surface area contributed by atoms with Crippen molar-refractivity contribution in [2.45, 2.75) is 24.3 Å². The first-order valence-electron chi connectivity index (χ1n) is 6.98. The van der Waals surface area contributed by atoms with Crippen LogP contribution in [0.15, 0.2) is 51.8 Å². The molecule has 0 saturated heterocycles. The number of hydrogen-bond acceptors (Lipinski definition) is 2. The second-order valence-corrected chi connectivity index (χ2v) is 7.04. The van der Waals surface area contributed by atoms with E-state index in [1.165, 1.54) is 16.5 Å². The van der Waals surface area contributed by atoms with E-state index in [-0.39, 0.29) is 11.9 Å². The summed E-state index contributed by atoms with van der Waals surface area (Å²) in [6, 6.07) is 13.7. The van der Waals surface area contributed by atoms with E-state index >= 15 is 0 Å².